The van der Waals surface area contributed by atoms with Crippen LogP contribution in [-0.4, -0.2) is 39.6 Å². The zero-order chi connectivity index (χ0) is 36.8. The summed E-state index contributed by atoms with van der Waals surface area (Å²) in [4.78, 5) is 30.9. The zero-order valence-electron chi connectivity index (χ0n) is 32.8. The van der Waals surface area contributed by atoms with Gasteiger partial charge in [-0.3, -0.25) is 9.32 Å². The van der Waals surface area contributed by atoms with Crippen LogP contribution in [-0.2, 0) is 13.9 Å². The number of rotatable bonds is 39. The molecule has 0 heterocycles. The van der Waals surface area contributed by atoms with E-state index in [9.17, 15) is 14.5 Å². The lowest BCUT2D eigenvalue weighted by molar-refractivity contribution is -0.123. The molecule has 0 aromatic carbocycles. The maximum atomic E-state index is 12.6. The SMILES string of the molecule is CCCCCCCC/C=C\CCCCCCCCCCCCCC(=O)N[C@@H](COP(=O)(O)O)[C@H](O)/C=C/CCCCCCCCCCCCC. The number of phosphoric ester groups is 1. The van der Waals surface area contributed by atoms with Crippen LogP contribution in [0, 0.1) is 0 Å². The van der Waals surface area contributed by atoms with Crippen molar-refractivity contribution >= 4 is 13.7 Å². The van der Waals surface area contributed by atoms with Gasteiger partial charge in [-0.05, 0) is 44.9 Å². The molecule has 0 rings (SSSR count). The third-order valence-corrected chi connectivity index (χ3v) is 10.1. The van der Waals surface area contributed by atoms with E-state index in [1.807, 2.05) is 6.08 Å². The van der Waals surface area contributed by atoms with Gasteiger partial charge in [-0.2, -0.15) is 0 Å². The van der Waals surface area contributed by atoms with Crippen LogP contribution in [0.15, 0.2) is 24.3 Å². The maximum absolute atomic E-state index is 12.6. The summed E-state index contributed by atoms with van der Waals surface area (Å²) in [5.74, 6) is -0.226. The van der Waals surface area contributed by atoms with Crippen molar-refractivity contribution in [3.05, 3.63) is 24.3 Å². The van der Waals surface area contributed by atoms with E-state index in [1.165, 1.54) is 161 Å². The maximum Gasteiger partial charge on any atom is 0.469 e. The highest BCUT2D eigenvalue weighted by Crippen LogP contribution is 2.35. The van der Waals surface area contributed by atoms with E-state index in [1.54, 1.807) is 6.08 Å². The van der Waals surface area contributed by atoms with Crippen molar-refractivity contribution in [2.24, 2.45) is 0 Å². The van der Waals surface area contributed by atoms with Crippen LogP contribution in [0.4, 0.5) is 0 Å². The third kappa shape index (κ3) is 38.3. The van der Waals surface area contributed by atoms with Gasteiger partial charge in [-0.25, -0.2) is 4.57 Å². The highest BCUT2D eigenvalue weighted by molar-refractivity contribution is 7.46. The standard InChI is InChI=1S/C42H82NO6P/c1-3-5-7-9-11-13-15-17-18-19-20-21-22-23-24-26-28-30-32-34-36-38-42(45)43-40(39-49-50(46,47)48)41(44)37-35-33-31-29-27-25-16-14-12-10-8-6-4-2/h17-18,35,37,40-41,44H,3-16,19-34,36,38-39H2,1-2H3,(H,43,45)(H2,46,47,48)/b18-17-,37-35+/t40-,41+/m0/s1. The lowest BCUT2D eigenvalue weighted by atomic mass is 10.0. The molecule has 0 spiro atoms. The van der Waals surface area contributed by atoms with E-state index in [2.05, 4.69) is 35.8 Å². The first-order chi connectivity index (χ1) is 24.3. The average molecular weight is 728 g/mol. The summed E-state index contributed by atoms with van der Waals surface area (Å²) >= 11 is 0. The molecule has 0 unspecified atom stereocenters. The van der Waals surface area contributed by atoms with Crippen molar-refractivity contribution < 1.29 is 28.8 Å². The van der Waals surface area contributed by atoms with Crippen LogP contribution in [0.2, 0.25) is 0 Å². The molecular formula is C42H82NO6P. The Kier molecular flexibility index (Phi) is 37.0. The molecule has 2 atom stereocenters. The highest BCUT2D eigenvalue weighted by atomic mass is 31.2. The van der Waals surface area contributed by atoms with E-state index in [-0.39, 0.29) is 5.91 Å². The fourth-order valence-electron chi connectivity index (χ4n) is 6.40. The van der Waals surface area contributed by atoms with Crippen molar-refractivity contribution in [2.75, 3.05) is 6.61 Å². The van der Waals surface area contributed by atoms with Gasteiger partial charge in [-0.1, -0.05) is 192 Å². The number of allylic oxidation sites excluding steroid dienone is 3. The minimum Gasteiger partial charge on any atom is -0.387 e. The molecule has 0 radical (unpaired) electrons. The van der Waals surface area contributed by atoms with E-state index in [0.717, 1.165) is 38.5 Å². The number of amides is 1. The van der Waals surface area contributed by atoms with Gasteiger partial charge >= 0.3 is 7.82 Å². The summed E-state index contributed by atoms with van der Waals surface area (Å²) in [6.45, 7) is 4.07. The van der Waals surface area contributed by atoms with Crippen molar-refractivity contribution in [3.63, 3.8) is 0 Å². The van der Waals surface area contributed by atoms with Gasteiger partial charge in [0.1, 0.15) is 0 Å². The predicted molar refractivity (Wildman–Crippen MR) is 213 cm³/mol. The quantitative estimate of drug-likeness (QED) is 0.0284. The molecular weight excluding hydrogens is 645 g/mol. The van der Waals surface area contributed by atoms with Crippen LogP contribution in [0.25, 0.3) is 0 Å². The molecule has 8 heteroatoms. The Hall–Kier alpha value is -0.980. The van der Waals surface area contributed by atoms with Gasteiger partial charge in [0.2, 0.25) is 5.91 Å². The van der Waals surface area contributed by atoms with Gasteiger partial charge in [0.25, 0.3) is 0 Å². The molecule has 7 nitrogen and oxygen atoms in total. The molecule has 0 aliphatic heterocycles. The van der Waals surface area contributed by atoms with Crippen LogP contribution >= 0.6 is 7.82 Å². The molecule has 1 amide bonds. The molecule has 0 aliphatic carbocycles. The second-order valence-corrected chi connectivity index (χ2v) is 15.9. The largest absolute Gasteiger partial charge is 0.469 e. The average Bonchev–Trinajstić information content (AvgIpc) is 3.08. The monoisotopic (exact) mass is 728 g/mol. The molecule has 0 aromatic rings. The van der Waals surface area contributed by atoms with Crippen LogP contribution in [0.5, 0.6) is 0 Å². The number of aliphatic hydroxyl groups is 1. The fraction of sp³-hybridized carbons (Fsp3) is 0.881. The number of aliphatic hydroxyl groups excluding tert-OH is 1. The Morgan fingerprint density at radius 2 is 0.900 bits per heavy atom. The fourth-order valence-corrected chi connectivity index (χ4v) is 6.75. The van der Waals surface area contributed by atoms with E-state index in [4.69, 9.17) is 9.79 Å². The van der Waals surface area contributed by atoms with E-state index in [0.29, 0.717) is 6.42 Å². The van der Waals surface area contributed by atoms with E-state index >= 15 is 0 Å². The van der Waals surface area contributed by atoms with Crippen molar-refractivity contribution in [1.29, 1.82) is 0 Å². The number of phosphoric acid groups is 1. The Morgan fingerprint density at radius 3 is 1.28 bits per heavy atom. The van der Waals surface area contributed by atoms with Crippen LogP contribution in [0.3, 0.4) is 0 Å². The van der Waals surface area contributed by atoms with Crippen molar-refractivity contribution in [1.82, 2.24) is 5.32 Å². The Labute approximate surface area is 309 Å². The summed E-state index contributed by atoms with van der Waals surface area (Å²) in [6, 6.07) is -0.907. The molecule has 0 fully saturated rings. The first kappa shape index (κ1) is 49.0. The zero-order valence-corrected chi connectivity index (χ0v) is 33.7. The van der Waals surface area contributed by atoms with Gasteiger partial charge in [0, 0.05) is 6.42 Å². The third-order valence-electron chi connectivity index (χ3n) is 9.65. The molecule has 296 valence electrons. The minimum absolute atomic E-state index is 0.226. The van der Waals surface area contributed by atoms with Gasteiger partial charge in [0.15, 0.2) is 0 Å². The normalized spacial score (nSPS) is 13.5. The smallest absolute Gasteiger partial charge is 0.387 e. The molecule has 50 heavy (non-hydrogen) atoms. The minimum atomic E-state index is -4.71. The first-order valence-electron chi connectivity index (χ1n) is 21.3. The summed E-state index contributed by atoms with van der Waals surface area (Å²) in [6.07, 6.45) is 46.3. The summed E-state index contributed by atoms with van der Waals surface area (Å²) < 4.78 is 15.9. The Morgan fingerprint density at radius 1 is 0.560 bits per heavy atom. The second kappa shape index (κ2) is 37.8. The van der Waals surface area contributed by atoms with Crippen molar-refractivity contribution in [2.45, 2.75) is 231 Å². The Balaban J connectivity index is 3.91. The van der Waals surface area contributed by atoms with Gasteiger partial charge < -0.3 is 20.2 Å². The number of unbranched alkanes of at least 4 members (excludes halogenated alkanes) is 28. The van der Waals surface area contributed by atoms with Crippen LogP contribution in [0.1, 0.15) is 219 Å². The molecule has 0 saturated carbocycles. The van der Waals surface area contributed by atoms with Gasteiger partial charge in [0.05, 0.1) is 18.8 Å². The molecule has 0 aromatic heterocycles. The number of hydrogen-bond acceptors (Lipinski definition) is 4. The summed E-state index contributed by atoms with van der Waals surface area (Å²) in [7, 11) is -4.71. The predicted octanol–water partition coefficient (Wildman–Crippen LogP) is 12.6. The lowest BCUT2D eigenvalue weighted by Gasteiger charge is -2.22. The number of carbonyl (C=O) groups excluding carboxylic acids is 1. The van der Waals surface area contributed by atoms with Crippen molar-refractivity contribution in [3.8, 4) is 0 Å². The first-order valence-corrected chi connectivity index (χ1v) is 22.8. The molecule has 0 saturated heterocycles. The number of hydrogen-bond donors (Lipinski definition) is 4. The number of nitrogens with one attached hydrogen (secondary N) is 1. The Bertz CT molecular complexity index is 829. The summed E-state index contributed by atoms with van der Waals surface area (Å²) in [5, 5.41) is 13.4. The van der Waals surface area contributed by atoms with Crippen LogP contribution < -0.4 is 5.32 Å². The number of carbonyl (C=O) groups is 1. The molecule has 0 aliphatic rings. The van der Waals surface area contributed by atoms with E-state index < -0.39 is 26.6 Å². The lowest BCUT2D eigenvalue weighted by Crippen LogP contribution is -2.45. The topological polar surface area (TPSA) is 116 Å². The highest BCUT2D eigenvalue weighted by Gasteiger charge is 2.24. The molecule has 0 bridgehead atoms. The second-order valence-electron chi connectivity index (χ2n) is 14.7. The van der Waals surface area contributed by atoms with Gasteiger partial charge in [-0.15, -0.1) is 0 Å². The summed E-state index contributed by atoms with van der Waals surface area (Å²) in [5.41, 5.74) is 0. The molecule has 4 N–H and O–H groups in total.